The number of nitrogens with one attached hydrogen (secondary N) is 1. The van der Waals surface area contributed by atoms with Crippen LogP contribution < -0.4 is 5.32 Å². The predicted molar refractivity (Wildman–Crippen MR) is 175 cm³/mol. The lowest BCUT2D eigenvalue weighted by atomic mass is 9.33. The van der Waals surface area contributed by atoms with Gasteiger partial charge in [-0.3, -0.25) is 14.4 Å². The zero-order valence-electron chi connectivity index (χ0n) is 28.7. The molecular weight excluding hydrogens is 546 g/mol. The maximum Gasteiger partial charge on any atom is 0.302 e. The molecule has 1 aromatic rings. The van der Waals surface area contributed by atoms with Crippen molar-refractivity contribution in [3.05, 3.63) is 41.5 Å². The number of hydrogen-bond donors (Lipinski definition) is 1. The van der Waals surface area contributed by atoms with Crippen LogP contribution in [-0.2, 0) is 19.1 Å². The first-order valence-electron chi connectivity index (χ1n) is 17.2. The minimum absolute atomic E-state index is 0.0516. The van der Waals surface area contributed by atoms with Gasteiger partial charge in [-0.1, -0.05) is 71.7 Å². The number of ether oxygens (including phenoxy) is 1. The zero-order valence-corrected chi connectivity index (χ0v) is 28.7. The van der Waals surface area contributed by atoms with Gasteiger partial charge in [-0.25, -0.2) is 0 Å². The molecule has 0 aromatic heterocycles. The van der Waals surface area contributed by atoms with Crippen molar-refractivity contribution in [1.29, 1.82) is 0 Å². The second kappa shape index (κ2) is 10.0. The molecule has 1 amide bonds. The van der Waals surface area contributed by atoms with E-state index in [4.69, 9.17) is 4.74 Å². The van der Waals surface area contributed by atoms with E-state index in [1.165, 1.54) is 18.1 Å². The molecule has 5 nitrogen and oxygen atoms in total. The van der Waals surface area contributed by atoms with Gasteiger partial charge in [-0.05, 0) is 116 Å². The molecule has 5 aliphatic rings. The van der Waals surface area contributed by atoms with E-state index in [2.05, 4.69) is 66.8 Å². The second-order valence-electron chi connectivity index (χ2n) is 17.5. The Hall–Kier alpha value is -2.43. The Morgan fingerprint density at radius 1 is 0.864 bits per heavy atom. The topological polar surface area (TPSA) is 72.5 Å². The zero-order chi connectivity index (χ0) is 32.1. The van der Waals surface area contributed by atoms with Gasteiger partial charge in [0.25, 0.3) is 0 Å². The van der Waals surface area contributed by atoms with Gasteiger partial charge < -0.3 is 10.1 Å². The largest absolute Gasteiger partial charge is 0.462 e. The number of allylic oxidation sites excluding steroid dienone is 2. The SMILES string of the molecule is CC(=O)OC1CCC2(C)C(CCC3(C)C2C(=O)C=C2C4CC(C)(C(=O)Nc5ccc(C)cc5)CCC4(C)CCC23C)C1(C)C. The highest BCUT2D eigenvalue weighted by Gasteiger charge is 2.70. The fraction of sp³-hybridized carbons (Fsp3) is 0.718. The van der Waals surface area contributed by atoms with Crippen LogP contribution in [0.5, 0.6) is 0 Å². The molecule has 0 spiro atoms. The van der Waals surface area contributed by atoms with Crippen molar-refractivity contribution in [2.75, 3.05) is 5.32 Å². The molecule has 4 fully saturated rings. The number of rotatable bonds is 3. The summed E-state index contributed by atoms with van der Waals surface area (Å²) in [5.41, 5.74) is 2.39. The first-order chi connectivity index (χ1) is 20.4. The van der Waals surface area contributed by atoms with Crippen molar-refractivity contribution in [2.24, 2.45) is 50.2 Å². The van der Waals surface area contributed by atoms with E-state index in [1.54, 1.807) is 0 Å². The van der Waals surface area contributed by atoms with Gasteiger partial charge in [0.05, 0.1) is 0 Å². The molecule has 0 heterocycles. The van der Waals surface area contributed by atoms with Crippen molar-refractivity contribution in [2.45, 2.75) is 126 Å². The Morgan fingerprint density at radius 2 is 1.52 bits per heavy atom. The third kappa shape index (κ3) is 4.41. The first kappa shape index (κ1) is 31.5. The standard InChI is InChI=1S/C39H55NO4/c1-24-10-12-26(13-11-24)40-33(43)36(6)19-18-35(5)20-21-38(8)27(28(35)23-36)22-29(42)32-37(7)16-15-31(44-25(2)41)34(3,4)30(37)14-17-39(32,38)9/h10-13,22,28,30-32H,14-21,23H2,1-9H3,(H,40,43). The Balaban J connectivity index is 1.34. The molecule has 9 atom stereocenters. The van der Waals surface area contributed by atoms with E-state index < -0.39 is 5.41 Å². The van der Waals surface area contributed by atoms with Crippen molar-refractivity contribution in [3.63, 3.8) is 0 Å². The number of aryl methyl sites for hydroxylation is 1. The van der Waals surface area contributed by atoms with E-state index in [0.29, 0.717) is 11.7 Å². The van der Waals surface area contributed by atoms with Gasteiger partial charge in [-0.2, -0.15) is 0 Å². The number of fused-ring (bicyclic) bond motifs is 7. The molecule has 0 bridgehead atoms. The summed E-state index contributed by atoms with van der Waals surface area (Å²) in [7, 11) is 0. The van der Waals surface area contributed by atoms with E-state index in [9.17, 15) is 14.4 Å². The lowest BCUT2D eigenvalue weighted by Gasteiger charge is -2.70. The van der Waals surface area contributed by atoms with Crippen LogP contribution in [0.2, 0.25) is 0 Å². The molecule has 9 unspecified atom stereocenters. The Labute approximate surface area is 265 Å². The Morgan fingerprint density at radius 3 is 2.18 bits per heavy atom. The lowest BCUT2D eigenvalue weighted by molar-refractivity contribution is -0.210. The van der Waals surface area contributed by atoms with Crippen molar-refractivity contribution < 1.29 is 19.1 Å². The fourth-order valence-corrected chi connectivity index (χ4v) is 11.7. The predicted octanol–water partition coefficient (Wildman–Crippen LogP) is 8.85. The summed E-state index contributed by atoms with van der Waals surface area (Å²) in [6, 6.07) is 8.05. The minimum atomic E-state index is -0.488. The maximum absolute atomic E-state index is 14.7. The molecule has 6 rings (SSSR count). The molecule has 44 heavy (non-hydrogen) atoms. The van der Waals surface area contributed by atoms with Crippen molar-refractivity contribution in [3.8, 4) is 0 Å². The number of carbonyl (C=O) groups excluding carboxylic acids is 3. The molecule has 0 aliphatic heterocycles. The maximum atomic E-state index is 14.7. The van der Waals surface area contributed by atoms with Gasteiger partial charge in [0.2, 0.25) is 5.91 Å². The monoisotopic (exact) mass is 601 g/mol. The number of esters is 1. The molecule has 1 aromatic carbocycles. The highest BCUT2D eigenvalue weighted by molar-refractivity contribution is 5.96. The van der Waals surface area contributed by atoms with E-state index in [-0.39, 0.29) is 56.9 Å². The Bertz CT molecular complexity index is 1410. The number of carbonyl (C=O) groups is 3. The van der Waals surface area contributed by atoms with Crippen LogP contribution in [0.15, 0.2) is 35.9 Å². The second-order valence-corrected chi connectivity index (χ2v) is 17.5. The van der Waals surface area contributed by atoms with Gasteiger partial charge in [0, 0.05) is 29.4 Å². The summed E-state index contributed by atoms with van der Waals surface area (Å²) in [4.78, 5) is 40.5. The van der Waals surface area contributed by atoms with E-state index >= 15 is 0 Å². The smallest absolute Gasteiger partial charge is 0.302 e. The summed E-state index contributed by atoms with van der Waals surface area (Å²) in [5, 5.41) is 3.23. The summed E-state index contributed by atoms with van der Waals surface area (Å²) in [6.07, 6.45) is 10.6. The molecule has 0 saturated heterocycles. The molecule has 1 N–H and O–H groups in total. The lowest BCUT2D eigenvalue weighted by Crippen LogP contribution is -2.66. The first-order valence-corrected chi connectivity index (χ1v) is 17.2. The number of anilines is 1. The van der Waals surface area contributed by atoms with Crippen molar-refractivity contribution >= 4 is 23.3 Å². The minimum Gasteiger partial charge on any atom is -0.462 e. The normalized spacial score (nSPS) is 44.2. The average Bonchev–Trinajstić information content (AvgIpc) is 2.93. The molecule has 4 saturated carbocycles. The van der Waals surface area contributed by atoms with Gasteiger partial charge >= 0.3 is 5.97 Å². The quantitative estimate of drug-likeness (QED) is 0.351. The molecule has 5 heteroatoms. The molecule has 5 aliphatic carbocycles. The highest BCUT2D eigenvalue weighted by atomic mass is 16.5. The number of ketones is 1. The van der Waals surface area contributed by atoms with Crippen LogP contribution in [0.3, 0.4) is 0 Å². The van der Waals surface area contributed by atoms with Crippen LogP contribution in [0, 0.1) is 57.2 Å². The summed E-state index contributed by atoms with van der Waals surface area (Å²) in [5.74, 6) is 0.664. The third-order valence-corrected chi connectivity index (χ3v) is 14.7. The van der Waals surface area contributed by atoms with Crippen molar-refractivity contribution in [1.82, 2.24) is 0 Å². The highest BCUT2D eigenvalue weighted by Crippen LogP contribution is 2.75. The van der Waals surface area contributed by atoms with Gasteiger partial charge in [0.15, 0.2) is 5.78 Å². The van der Waals surface area contributed by atoms with E-state index in [0.717, 1.165) is 63.5 Å². The van der Waals surface area contributed by atoms with Crippen LogP contribution >= 0.6 is 0 Å². The van der Waals surface area contributed by atoms with Crippen LogP contribution in [0.25, 0.3) is 0 Å². The molecular formula is C39H55NO4. The van der Waals surface area contributed by atoms with Gasteiger partial charge in [0.1, 0.15) is 6.10 Å². The number of hydrogen-bond acceptors (Lipinski definition) is 4. The molecule has 240 valence electrons. The Kier molecular flexibility index (Phi) is 7.19. The summed E-state index contributed by atoms with van der Waals surface area (Å²) < 4.78 is 5.88. The fourth-order valence-electron chi connectivity index (χ4n) is 11.7. The number of benzene rings is 1. The third-order valence-electron chi connectivity index (χ3n) is 14.7. The number of amides is 1. The average molecular weight is 602 g/mol. The van der Waals surface area contributed by atoms with Gasteiger partial charge in [-0.15, -0.1) is 0 Å². The van der Waals surface area contributed by atoms with E-state index in [1.807, 2.05) is 24.3 Å². The van der Waals surface area contributed by atoms with Crippen LogP contribution in [0.4, 0.5) is 5.69 Å². The molecule has 0 radical (unpaired) electrons. The van der Waals surface area contributed by atoms with Crippen LogP contribution in [-0.4, -0.2) is 23.8 Å². The van der Waals surface area contributed by atoms with Crippen LogP contribution in [0.1, 0.15) is 119 Å². The summed E-state index contributed by atoms with van der Waals surface area (Å²) >= 11 is 0. The summed E-state index contributed by atoms with van der Waals surface area (Å²) in [6.45, 7) is 19.9.